The molecule has 0 fully saturated rings. The Balaban J connectivity index is 2.18. The number of hydrogen-bond acceptors (Lipinski definition) is 4. The van der Waals surface area contributed by atoms with Crippen LogP contribution in [0.4, 0.5) is 4.39 Å². The summed E-state index contributed by atoms with van der Waals surface area (Å²) >= 11 is 0. The van der Waals surface area contributed by atoms with Gasteiger partial charge in [0, 0.05) is 6.07 Å². The van der Waals surface area contributed by atoms with Crippen LogP contribution in [0.3, 0.4) is 0 Å². The summed E-state index contributed by atoms with van der Waals surface area (Å²) in [4.78, 5) is 3.47. The molecule has 1 aromatic heterocycles. The van der Waals surface area contributed by atoms with Gasteiger partial charge in [-0.05, 0) is 5.46 Å². The van der Waals surface area contributed by atoms with E-state index in [0.29, 0.717) is 11.2 Å². The number of pyridine rings is 1. The molecule has 6 heteroatoms. The number of aromatic nitrogens is 1. The van der Waals surface area contributed by atoms with Gasteiger partial charge in [0.05, 0.1) is 13.3 Å². The van der Waals surface area contributed by atoms with Crippen molar-refractivity contribution in [1.29, 1.82) is 0 Å². The Labute approximate surface area is 104 Å². The lowest BCUT2D eigenvalue weighted by Gasteiger charge is -2.11. The molecule has 92 valence electrons. The molecular weight excluding hydrogens is 236 g/mol. The quantitative estimate of drug-likeness (QED) is 0.646. The summed E-state index contributed by atoms with van der Waals surface area (Å²) in [7, 11) is 0.182. The van der Waals surface area contributed by atoms with Gasteiger partial charge in [-0.1, -0.05) is 30.3 Å². The van der Waals surface area contributed by atoms with Crippen molar-refractivity contribution < 1.29 is 18.8 Å². The van der Waals surface area contributed by atoms with Crippen molar-refractivity contribution in [3.05, 3.63) is 48.5 Å². The molecule has 1 aromatic carbocycles. The Hall–Kier alpha value is -2.08. The van der Waals surface area contributed by atoms with Gasteiger partial charge in [0.2, 0.25) is 0 Å². The van der Waals surface area contributed by atoms with Crippen molar-refractivity contribution in [1.82, 2.24) is 4.98 Å². The molecule has 2 rings (SSSR count). The van der Waals surface area contributed by atoms with Crippen LogP contribution in [0.2, 0.25) is 0 Å². The van der Waals surface area contributed by atoms with E-state index >= 15 is 0 Å². The van der Waals surface area contributed by atoms with E-state index in [1.807, 2.05) is 6.07 Å². The Morgan fingerprint density at radius 3 is 2.67 bits per heavy atom. The third kappa shape index (κ3) is 2.78. The zero-order valence-electron chi connectivity index (χ0n) is 9.71. The first-order valence-corrected chi connectivity index (χ1v) is 5.30. The molecule has 0 amide bonds. The third-order valence-corrected chi connectivity index (χ3v) is 2.34. The summed E-state index contributed by atoms with van der Waals surface area (Å²) in [6.45, 7) is 0. The van der Waals surface area contributed by atoms with Crippen molar-refractivity contribution in [2.45, 2.75) is 0 Å². The number of halogens is 1. The highest BCUT2D eigenvalue weighted by atomic mass is 19.1. The second kappa shape index (κ2) is 5.51. The van der Waals surface area contributed by atoms with Crippen LogP contribution in [0.25, 0.3) is 0 Å². The largest absolute Gasteiger partial charge is 0.560 e. The van der Waals surface area contributed by atoms with Crippen molar-refractivity contribution in [3.63, 3.8) is 0 Å². The lowest BCUT2D eigenvalue weighted by atomic mass is 9.79. The minimum Gasteiger partial charge on any atom is -0.529 e. The van der Waals surface area contributed by atoms with E-state index in [1.54, 1.807) is 24.3 Å². The SMILES string of the molecule is COc1cnc(F)c(OB(O)c2ccccc2)c1. The monoisotopic (exact) mass is 247 g/mol. The molecule has 2 aromatic rings. The van der Waals surface area contributed by atoms with Crippen LogP contribution in [0.5, 0.6) is 11.5 Å². The van der Waals surface area contributed by atoms with E-state index in [1.165, 1.54) is 19.4 Å². The zero-order chi connectivity index (χ0) is 13.0. The molecule has 4 nitrogen and oxygen atoms in total. The van der Waals surface area contributed by atoms with Crippen molar-refractivity contribution >= 4 is 12.6 Å². The maximum Gasteiger partial charge on any atom is 0.560 e. The van der Waals surface area contributed by atoms with Crippen LogP contribution in [0.15, 0.2) is 42.6 Å². The van der Waals surface area contributed by atoms with E-state index in [9.17, 15) is 9.41 Å². The fraction of sp³-hybridized carbons (Fsp3) is 0.0833. The molecule has 0 aliphatic rings. The highest BCUT2D eigenvalue weighted by Crippen LogP contribution is 2.21. The summed E-state index contributed by atoms with van der Waals surface area (Å²) in [5.74, 6) is -0.608. The molecule has 0 spiro atoms. The molecule has 0 saturated carbocycles. The number of methoxy groups -OCH3 is 1. The van der Waals surface area contributed by atoms with E-state index in [-0.39, 0.29) is 5.75 Å². The van der Waals surface area contributed by atoms with Crippen LogP contribution in [0, 0.1) is 5.95 Å². The van der Waals surface area contributed by atoms with Gasteiger partial charge < -0.3 is 14.4 Å². The predicted octanol–water partition coefficient (Wildman–Crippen LogP) is 0.996. The first-order valence-electron chi connectivity index (χ1n) is 5.30. The molecule has 1 heterocycles. The number of nitrogens with zero attached hydrogens (tertiary/aromatic N) is 1. The van der Waals surface area contributed by atoms with Crippen LogP contribution in [-0.4, -0.2) is 24.2 Å². The fourth-order valence-corrected chi connectivity index (χ4v) is 1.41. The molecular formula is C12H11BFNO3. The van der Waals surface area contributed by atoms with Crippen LogP contribution < -0.4 is 14.9 Å². The standard InChI is InChI=1S/C12H11BFNO3/c1-17-10-7-11(12(14)15-8-10)18-13(16)9-5-3-2-4-6-9/h2-8,16H,1H3. The molecule has 0 aliphatic carbocycles. The maximum atomic E-state index is 13.4. The Morgan fingerprint density at radius 2 is 2.00 bits per heavy atom. The van der Waals surface area contributed by atoms with Crippen molar-refractivity contribution in [3.8, 4) is 11.5 Å². The lowest BCUT2D eigenvalue weighted by molar-refractivity contribution is 0.386. The van der Waals surface area contributed by atoms with Crippen molar-refractivity contribution in [2.24, 2.45) is 0 Å². The van der Waals surface area contributed by atoms with Gasteiger partial charge in [-0.3, -0.25) is 0 Å². The zero-order valence-corrected chi connectivity index (χ0v) is 9.71. The van der Waals surface area contributed by atoms with Gasteiger partial charge in [0.25, 0.3) is 5.95 Å². The van der Waals surface area contributed by atoms with E-state index in [0.717, 1.165) is 0 Å². The first kappa shape index (κ1) is 12.4. The topological polar surface area (TPSA) is 51.6 Å². The second-order valence-corrected chi connectivity index (χ2v) is 3.54. The molecule has 18 heavy (non-hydrogen) atoms. The normalized spacial score (nSPS) is 9.94. The molecule has 1 N–H and O–H groups in total. The third-order valence-electron chi connectivity index (χ3n) is 2.34. The number of rotatable bonds is 4. The van der Waals surface area contributed by atoms with Crippen LogP contribution >= 0.6 is 0 Å². The minimum atomic E-state index is -1.25. The van der Waals surface area contributed by atoms with E-state index in [4.69, 9.17) is 9.39 Å². The summed E-state index contributed by atoms with van der Waals surface area (Å²) < 4.78 is 23.4. The summed E-state index contributed by atoms with van der Waals surface area (Å²) in [5.41, 5.74) is 0.528. The van der Waals surface area contributed by atoms with Gasteiger partial charge in [0.15, 0.2) is 5.75 Å². The lowest BCUT2D eigenvalue weighted by Crippen LogP contribution is -2.36. The van der Waals surface area contributed by atoms with E-state index < -0.39 is 13.1 Å². The number of hydrogen-bond donors (Lipinski definition) is 1. The molecule has 0 saturated heterocycles. The van der Waals surface area contributed by atoms with Crippen LogP contribution in [0.1, 0.15) is 0 Å². The van der Waals surface area contributed by atoms with E-state index in [2.05, 4.69) is 4.98 Å². The Bertz CT molecular complexity index is 524. The average Bonchev–Trinajstić information content (AvgIpc) is 2.42. The molecule has 0 atom stereocenters. The maximum absolute atomic E-state index is 13.4. The summed E-state index contributed by atoms with van der Waals surface area (Å²) in [5, 5.41) is 9.80. The summed E-state index contributed by atoms with van der Waals surface area (Å²) in [6.07, 6.45) is 1.23. The second-order valence-electron chi connectivity index (χ2n) is 3.54. The smallest absolute Gasteiger partial charge is 0.529 e. The first-order chi connectivity index (χ1) is 8.70. The van der Waals surface area contributed by atoms with Crippen LogP contribution in [-0.2, 0) is 0 Å². The molecule has 0 aliphatic heterocycles. The predicted molar refractivity (Wildman–Crippen MR) is 65.4 cm³/mol. The fourth-order valence-electron chi connectivity index (χ4n) is 1.41. The van der Waals surface area contributed by atoms with Gasteiger partial charge >= 0.3 is 7.12 Å². The molecule has 0 radical (unpaired) electrons. The highest BCUT2D eigenvalue weighted by Gasteiger charge is 2.20. The van der Waals surface area contributed by atoms with Gasteiger partial charge in [0.1, 0.15) is 5.75 Å². The Morgan fingerprint density at radius 1 is 1.28 bits per heavy atom. The number of ether oxygens (including phenoxy) is 1. The average molecular weight is 247 g/mol. The minimum absolute atomic E-state index is 0.161. The molecule has 0 unspecified atom stereocenters. The van der Waals surface area contributed by atoms with Gasteiger partial charge in [-0.15, -0.1) is 0 Å². The highest BCUT2D eigenvalue weighted by molar-refractivity contribution is 6.60. The Kier molecular flexibility index (Phi) is 3.79. The number of benzene rings is 1. The summed E-state index contributed by atoms with van der Waals surface area (Å²) in [6, 6.07) is 9.99. The van der Waals surface area contributed by atoms with Gasteiger partial charge in [-0.25, -0.2) is 4.98 Å². The van der Waals surface area contributed by atoms with Gasteiger partial charge in [-0.2, -0.15) is 4.39 Å². The molecule has 0 bridgehead atoms. The van der Waals surface area contributed by atoms with Crippen molar-refractivity contribution in [2.75, 3.05) is 7.11 Å².